The summed E-state index contributed by atoms with van der Waals surface area (Å²) in [5.41, 5.74) is 10.0. The van der Waals surface area contributed by atoms with Gasteiger partial charge in [0.1, 0.15) is 0 Å². The summed E-state index contributed by atoms with van der Waals surface area (Å²) in [6, 6.07) is 8.36. The number of amidine groups is 1. The van der Waals surface area contributed by atoms with Gasteiger partial charge in [-0.05, 0) is 23.3 Å². The quantitative estimate of drug-likeness (QED) is 0.638. The van der Waals surface area contributed by atoms with Gasteiger partial charge in [-0.25, -0.2) is 0 Å². The van der Waals surface area contributed by atoms with Crippen molar-refractivity contribution in [1.82, 2.24) is 0 Å². The van der Waals surface area contributed by atoms with Crippen molar-refractivity contribution in [1.29, 1.82) is 5.41 Å². The van der Waals surface area contributed by atoms with Gasteiger partial charge in [-0.15, -0.1) is 0 Å². The van der Waals surface area contributed by atoms with E-state index in [1.54, 1.807) is 0 Å². The molecule has 1 aliphatic heterocycles. The summed E-state index contributed by atoms with van der Waals surface area (Å²) in [4.78, 5) is 2.19. The number of nitrogens with one attached hydrogen (secondary N) is 1. The minimum atomic E-state index is -0.116. The summed E-state index contributed by atoms with van der Waals surface area (Å²) < 4.78 is 0. The Morgan fingerprint density at radius 3 is 2.52 bits per heavy atom. The van der Waals surface area contributed by atoms with E-state index < -0.39 is 0 Å². The monoisotopic (exact) mass is 281 g/mol. The largest absolute Gasteiger partial charge is 0.388 e. The van der Waals surface area contributed by atoms with Crippen molar-refractivity contribution in [2.24, 2.45) is 5.73 Å². The number of allylic oxidation sites excluding steroid dienone is 3. The predicted molar refractivity (Wildman–Crippen MR) is 90.8 cm³/mol. The molecule has 0 saturated carbocycles. The summed E-state index contributed by atoms with van der Waals surface area (Å²) in [6.45, 7) is 13.0. The molecule has 1 heterocycles. The molecule has 3 N–H and O–H groups in total. The third-order valence-corrected chi connectivity index (χ3v) is 4.11. The van der Waals surface area contributed by atoms with Crippen molar-refractivity contribution in [3.63, 3.8) is 0 Å². The van der Waals surface area contributed by atoms with E-state index in [4.69, 9.17) is 11.1 Å². The van der Waals surface area contributed by atoms with Crippen molar-refractivity contribution in [3.05, 3.63) is 66.4 Å². The number of anilines is 1. The van der Waals surface area contributed by atoms with Crippen LogP contribution in [0.5, 0.6) is 0 Å². The molecule has 3 nitrogen and oxygen atoms in total. The molecule has 1 aliphatic rings. The Labute approximate surface area is 127 Å². The van der Waals surface area contributed by atoms with Crippen LogP contribution in [0.15, 0.2) is 60.8 Å². The molecule has 0 unspecified atom stereocenters. The van der Waals surface area contributed by atoms with Gasteiger partial charge in [0.2, 0.25) is 0 Å². The molecule has 1 aromatic rings. The second-order valence-corrected chi connectivity index (χ2v) is 5.78. The van der Waals surface area contributed by atoms with Crippen LogP contribution in [-0.2, 0) is 5.41 Å². The van der Waals surface area contributed by atoms with Crippen molar-refractivity contribution in [3.8, 4) is 0 Å². The van der Waals surface area contributed by atoms with Gasteiger partial charge < -0.3 is 10.6 Å². The highest BCUT2D eigenvalue weighted by molar-refractivity contribution is 5.78. The first-order valence-corrected chi connectivity index (χ1v) is 7.13. The van der Waals surface area contributed by atoms with E-state index in [1.807, 2.05) is 18.2 Å². The summed E-state index contributed by atoms with van der Waals surface area (Å²) >= 11 is 0. The van der Waals surface area contributed by atoms with Gasteiger partial charge in [-0.2, -0.15) is 0 Å². The Balaban J connectivity index is 2.62. The highest BCUT2D eigenvalue weighted by atomic mass is 15.2. The van der Waals surface area contributed by atoms with E-state index in [0.29, 0.717) is 13.0 Å². The molecule has 3 heteroatoms. The zero-order valence-electron chi connectivity index (χ0n) is 12.8. The average Bonchev–Trinajstić information content (AvgIpc) is 2.45. The minimum absolute atomic E-state index is 0.116. The molecule has 0 bridgehead atoms. The van der Waals surface area contributed by atoms with Gasteiger partial charge in [0.05, 0.1) is 5.84 Å². The van der Waals surface area contributed by atoms with Crippen LogP contribution in [0.1, 0.15) is 25.8 Å². The fourth-order valence-electron chi connectivity index (χ4n) is 3.03. The zero-order valence-corrected chi connectivity index (χ0v) is 12.8. The number of nitrogens with two attached hydrogens (primary N) is 1. The van der Waals surface area contributed by atoms with Crippen LogP contribution in [0, 0.1) is 5.41 Å². The van der Waals surface area contributed by atoms with Crippen molar-refractivity contribution >= 4 is 11.5 Å². The number of benzene rings is 1. The maximum absolute atomic E-state index is 7.48. The lowest BCUT2D eigenvalue weighted by Gasteiger charge is -2.42. The van der Waals surface area contributed by atoms with Crippen molar-refractivity contribution in [2.45, 2.75) is 25.7 Å². The Morgan fingerprint density at radius 2 is 1.95 bits per heavy atom. The number of hydrogen-bond acceptors (Lipinski definition) is 2. The zero-order chi connectivity index (χ0) is 15.6. The Hall–Kier alpha value is -2.29. The Morgan fingerprint density at radius 1 is 1.29 bits per heavy atom. The lowest BCUT2D eigenvalue weighted by atomic mass is 9.73. The van der Waals surface area contributed by atoms with Crippen molar-refractivity contribution in [2.75, 3.05) is 11.4 Å². The van der Waals surface area contributed by atoms with Crippen molar-refractivity contribution < 1.29 is 0 Å². The second kappa shape index (κ2) is 5.60. The smallest absolute Gasteiger partial charge is 0.0923 e. The predicted octanol–water partition coefficient (Wildman–Crippen LogP) is 3.74. The Kier molecular flexibility index (Phi) is 4.03. The molecule has 0 amide bonds. The van der Waals surface area contributed by atoms with Crippen LogP contribution in [0.3, 0.4) is 0 Å². The van der Waals surface area contributed by atoms with Gasteiger partial charge in [0, 0.05) is 29.8 Å². The Bertz CT molecular complexity index is 623. The van der Waals surface area contributed by atoms with Crippen LogP contribution >= 0.6 is 0 Å². The van der Waals surface area contributed by atoms with Crippen LogP contribution in [0.25, 0.3) is 0 Å². The molecule has 1 aromatic carbocycles. The second-order valence-electron chi connectivity index (χ2n) is 5.78. The van der Waals surface area contributed by atoms with Crippen LogP contribution in [0.4, 0.5) is 5.69 Å². The molecular formula is C18H23N3. The fraction of sp³-hybridized carbons (Fsp3) is 0.278. The molecular weight excluding hydrogens is 258 g/mol. The van der Waals surface area contributed by atoms with E-state index in [2.05, 4.69) is 50.1 Å². The van der Waals surface area contributed by atoms with E-state index in [9.17, 15) is 0 Å². The lowest BCUT2D eigenvalue weighted by Crippen LogP contribution is -2.37. The van der Waals surface area contributed by atoms with Gasteiger partial charge in [-0.3, -0.25) is 5.41 Å². The van der Waals surface area contributed by atoms with Gasteiger partial charge in [0.25, 0.3) is 0 Å². The molecule has 110 valence electrons. The fourth-order valence-corrected chi connectivity index (χ4v) is 3.03. The summed E-state index contributed by atoms with van der Waals surface area (Å²) in [7, 11) is 0. The molecule has 2 rings (SSSR count). The molecule has 0 radical (unpaired) electrons. The number of rotatable bonds is 5. The first-order valence-electron chi connectivity index (χ1n) is 7.13. The highest BCUT2D eigenvalue weighted by Crippen LogP contribution is 2.45. The standard InChI is InChI=1S/C18H23N3/c1-5-13-15(6-2)21(12-11-17(19)20)16-10-8-7-9-14(16)18(13,3)4/h5-10H,1-2,11-12H2,3-4H3,(H3,19,20). The van der Waals surface area contributed by atoms with Crippen LogP contribution < -0.4 is 10.6 Å². The van der Waals surface area contributed by atoms with E-state index in [-0.39, 0.29) is 11.3 Å². The third-order valence-electron chi connectivity index (χ3n) is 4.11. The molecule has 0 aliphatic carbocycles. The van der Waals surface area contributed by atoms with E-state index in [1.165, 1.54) is 5.56 Å². The highest BCUT2D eigenvalue weighted by Gasteiger charge is 2.35. The summed E-state index contributed by atoms with van der Waals surface area (Å²) in [6.07, 6.45) is 4.30. The number of fused-ring (bicyclic) bond motifs is 1. The topological polar surface area (TPSA) is 53.1 Å². The first-order chi connectivity index (χ1) is 9.93. The summed E-state index contributed by atoms with van der Waals surface area (Å²) in [5.74, 6) is 0.195. The molecule has 0 fully saturated rings. The molecule has 0 spiro atoms. The molecule has 0 aromatic heterocycles. The molecule has 21 heavy (non-hydrogen) atoms. The maximum atomic E-state index is 7.48. The van der Waals surface area contributed by atoms with Gasteiger partial charge in [0.15, 0.2) is 0 Å². The first kappa shape index (κ1) is 15.1. The van der Waals surface area contributed by atoms with Crippen LogP contribution in [0.2, 0.25) is 0 Å². The lowest BCUT2D eigenvalue weighted by molar-refractivity contribution is 0.613. The van der Waals surface area contributed by atoms with E-state index in [0.717, 1.165) is 17.0 Å². The minimum Gasteiger partial charge on any atom is -0.388 e. The SMILES string of the molecule is C=CC1=C(C=C)C(C)(C)c2ccccc2N1CCC(=N)N. The third kappa shape index (κ3) is 2.51. The van der Waals surface area contributed by atoms with Crippen LogP contribution in [-0.4, -0.2) is 12.4 Å². The van der Waals surface area contributed by atoms with E-state index >= 15 is 0 Å². The number of nitrogens with zero attached hydrogens (tertiary/aromatic N) is 1. The number of para-hydroxylation sites is 1. The molecule has 0 saturated heterocycles. The number of hydrogen-bond donors (Lipinski definition) is 2. The molecule has 0 atom stereocenters. The summed E-state index contributed by atoms with van der Waals surface area (Å²) in [5, 5.41) is 7.48. The average molecular weight is 281 g/mol. The van der Waals surface area contributed by atoms with Gasteiger partial charge >= 0.3 is 0 Å². The maximum Gasteiger partial charge on any atom is 0.0923 e. The normalized spacial score (nSPS) is 16.4. The van der Waals surface area contributed by atoms with Gasteiger partial charge in [-0.1, -0.05) is 51.3 Å².